The van der Waals surface area contributed by atoms with Gasteiger partial charge in [0.25, 0.3) is 5.91 Å². The van der Waals surface area contributed by atoms with Crippen LogP contribution in [-0.2, 0) is 6.54 Å². The first kappa shape index (κ1) is 23.0. The highest BCUT2D eigenvalue weighted by Crippen LogP contribution is 2.35. The van der Waals surface area contributed by atoms with E-state index in [1.165, 1.54) is 0 Å². The lowest BCUT2D eigenvalue weighted by Crippen LogP contribution is -2.24. The van der Waals surface area contributed by atoms with Gasteiger partial charge in [0.1, 0.15) is 5.75 Å². The summed E-state index contributed by atoms with van der Waals surface area (Å²) >= 11 is 18.5. The molecule has 0 bridgehead atoms. The third-order valence-corrected chi connectivity index (χ3v) is 5.79. The summed E-state index contributed by atoms with van der Waals surface area (Å²) in [6, 6.07) is 19.5. The maximum atomic E-state index is 13.0. The van der Waals surface area contributed by atoms with Gasteiger partial charge in [0.2, 0.25) is 0 Å². The molecule has 3 N–H and O–H groups in total. The number of nitrogens with two attached hydrogens (primary N) is 1. The molecule has 1 heterocycles. The Morgan fingerprint density at radius 3 is 2.30 bits per heavy atom. The van der Waals surface area contributed by atoms with Gasteiger partial charge in [0.15, 0.2) is 5.69 Å². The third-order valence-electron chi connectivity index (χ3n) is 5.00. The van der Waals surface area contributed by atoms with Gasteiger partial charge in [-0.1, -0.05) is 59.1 Å². The Hall–Kier alpha value is -3.19. The normalized spacial score (nSPS) is 10.8. The molecule has 0 radical (unpaired) electrons. The summed E-state index contributed by atoms with van der Waals surface area (Å²) in [5.41, 5.74) is 9.42. The van der Waals surface area contributed by atoms with Crippen LogP contribution in [0.15, 0.2) is 66.7 Å². The van der Waals surface area contributed by atoms with Crippen LogP contribution < -0.4 is 15.8 Å². The van der Waals surface area contributed by atoms with Crippen LogP contribution >= 0.6 is 34.8 Å². The first-order valence-electron chi connectivity index (χ1n) is 9.88. The zero-order valence-electron chi connectivity index (χ0n) is 17.5. The summed E-state index contributed by atoms with van der Waals surface area (Å²) in [7, 11) is 1.60. The summed E-state index contributed by atoms with van der Waals surface area (Å²) in [5.74, 6) is 0.322. The Kier molecular flexibility index (Phi) is 6.79. The van der Waals surface area contributed by atoms with Crippen LogP contribution in [0.1, 0.15) is 16.1 Å². The quantitative estimate of drug-likeness (QED) is 0.338. The zero-order chi connectivity index (χ0) is 23.5. The summed E-state index contributed by atoms with van der Waals surface area (Å²) < 4.78 is 6.70. The summed E-state index contributed by atoms with van der Waals surface area (Å²) in [6.07, 6.45) is 0. The lowest BCUT2D eigenvalue weighted by atomic mass is 10.1. The molecular weight excluding hydrogens is 483 g/mol. The molecule has 4 aromatic rings. The fourth-order valence-corrected chi connectivity index (χ4v) is 3.93. The molecule has 0 aliphatic heterocycles. The Labute approximate surface area is 205 Å². The van der Waals surface area contributed by atoms with Crippen LogP contribution in [0.5, 0.6) is 5.75 Å². The number of ether oxygens (including phenoxy) is 1. The number of carbonyl (C=O) groups is 1. The number of carbonyl (C=O) groups excluding carboxylic acids is 1. The predicted molar refractivity (Wildman–Crippen MR) is 133 cm³/mol. The number of hydrogen-bond donors (Lipinski definition) is 2. The third kappa shape index (κ3) is 4.93. The number of hydrogen-bond acceptors (Lipinski definition) is 4. The fraction of sp³-hybridized carbons (Fsp3) is 0.0833. The standard InChI is InChI=1S/C24H19Cl3N4O2/c1-33-18-9-2-14(3-10-18)13-29-24(32)22-21(28)23(15-4-6-16(25)7-5-15)31(30-22)20-11-8-17(26)12-19(20)27/h2-12H,13,28H2,1H3,(H,29,32). The second-order valence-corrected chi connectivity index (χ2v) is 8.44. The van der Waals surface area contributed by atoms with E-state index >= 15 is 0 Å². The molecule has 0 spiro atoms. The minimum absolute atomic E-state index is 0.0829. The van der Waals surface area contributed by atoms with Crippen molar-refractivity contribution >= 4 is 46.4 Å². The minimum Gasteiger partial charge on any atom is -0.497 e. The molecule has 0 fully saturated rings. The van der Waals surface area contributed by atoms with Crippen molar-refractivity contribution in [3.63, 3.8) is 0 Å². The molecule has 1 aromatic heterocycles. The molecular formula is C24H19Cl3N4O2. The van der Waals surface area contributed by atoms with Gasteiger partial charge in [-0.15, -0.1) is 0 Å². The van der Waals surface area contributed by atoms with Gasteiger partial charge in [0, 0.05) is 22.2 Å². The lowest BCUT2D eigenvalue weighted by molar-refractivity contribution is 0.0946. The monoisotopic (exact) mass is 500 g/mol. The van der Waals surface area contributed by atoms with E-state index in [2.05, 4.69) is 10.4 Å². The van der Waals surface area contributed by atoms with Gasteiger partial charge in [-0.05, 0) is 48.0 Å². The number of amides is 1. The molecule has 1 amide bonds. The first-order valence-corrected chi connectivity index (χ1v) is 11.0. The second-order valence-electron chi connectivity index (χ2n) is 7.16. The van der Waals surface area contributed by atoms with Crippen molar-refractivity contribution in [2.75, 3.05) is 12.8 Å². The smallest absolute Gasteiger partial charge is 0.274 e. The second kappa shape index (κ2) is 9.75. The van der Waals surface area contributed by atoms with E-state index in [1.807, 2.05) is 24.3 Å². The zero-order valence-corrected chi connectivity index (χ0v) is 19.7. The van der Waals surface area contributed by atoms with E-state index in [0.29, 0.717) is 33.0 Å². The van der Waals surface area contributed by atoms with Gasteiger partial charge in [-0.25, -0.2) is 4.68 Å². The topological polar surface area (TPSA) is 82.2 Å². The largest absolute Gasteiger partial charge is 0.497 e. The van der Waals surface area contributed by atoms with Crippen molar-refractivity contribution < 1.29 is 9.53 Å². The molecule has 9 heteroatoms. The van der Waals surface area contributed by atoms with E-state index < -0.39 is 5.91 Å². The molecule has 168 valence electrons. The van der Waals surface area contributed by atoms with Crippen molar-refractivity contribution in [3.8, 4) is 22.7 Å². The number of benzene rings is 3. The first-order chi connectivity index (χ1) is 15.9. The average molecular weight is 502 g/mol. The van der Waals surface area contributed by atoms with Crippen LogP contribution in [0.4, 0.5) is 5.69 Å². The number of nitrogen functional groups attached to an aromatic ring is 1. The Morgan fingerprint density at radius 2 is 1.67 bits per heavy atom. The fourth-order valence-electron chi connectivity index (χ4n) is 3.32. The molecule has 0 saturated carbocycles. The molecule has 0 aliphatic carbocycles. The maximum Gasteiger partial charge on any atom is 0.274 e. The summed E-state index contributed by atoms with van der Waals surface area (Å²) in [5, 5.41) is 8.79. The Bertz CT molecular complexity index is 1300. The summed E-state index contributed by atoms with van der Waals surface area (Å²) in [4.78, 5) is 13.0. The highest BCUT2D eigenvalue weighted by atomic mass is 35.5. The lowest BCUT2D eigenvalue weighted by Gasteiger charge is -2.10. The van der Waals surface area contributed by atoms with Crippen LogP contribution in [0.2, 0.25) is 15.1 Å². The van der Waals surface area contributed by atoms with Gasteiger partial charge in [-0.3, -0.25) is 4.79 Å². The highest BCUT2D eigenvalue weighted by molar-refractivity contribution is 6.35. The Balaban J connectivity index is 1.72. The number of aromatic nitrogens is 2. The van der Waals surface area contributed by atoms with Gasteiger partial charge in [0.05, 0.1) is 29.2 Å². The molecule has 4 rings (SSSR count). The van der Waals surface area contributed by atoms with Crippen LogP contribution in [-0.4, -0.2) is 22.8 Å². The predicted octanol–water partition coefficient (Wildman–Crippen LogP) is 6.02. The van der Waals surface area contributed by atoms with Gasteiger partial charge in [-0.2, -0.15) is 5.10 Å². The van der Waals surface area contributed by atoms with Crippen LogP contribution in [0.25, 0.3) is 16.9 Å². The molecule has 6 nitrogen and oxygen atoms in total. The van der Waals surface area contributed by atoms with Crippen LogP contribution in [0, 0.1) is 0 Å². The van der Waals surface area contributed by atoms with Crippen molar-refractivity contribution in [1.29, 1.82) is 0 Å². The van der Waals surface area contributed by atoms with Crippen molar-refractivity contribution in [1.82, 2.24) is 15.1 Å². The number of nitrogens with one attached hydrogen (secondary N) is 1. The molecule has 0 unspecified atom stereocenters. The van der Waals surface area contributed by atoms with Crippen molar-refractivity contribution in [2.45, 2.75) is 6.54 Å². The Morgan fingerprint density at radius 1 is 1.00 bits per heavy atom. The highest BCUT2D eigenvalue weighted by Gasteiger charge is 2.24. The maximum absolute atomic E-state index is 13.0. The van der Waals surface area contributed by atoms with E-state index in [4.69, 9.17) is 45.3 Å². The average Bonchev–Trinajstić information content (AvgIpc) is 3.15. The van der Waals surface area contributed by atoms with E-state index in [1.54, 1.807) is 54.3 Å². The minimum atomic E-state index is -0.414. The number of anilines is 1. The van der Waals surface area contributed by atoms with Crippen LogP contribution in [0.3, 0.4) is 0 Å². The van der Waals surface area contributed by atoms with Gasteiger partial charge < -0.3 is 15.8 Å². The van der Waals surface area contributed by atoms with Crippen molar-refractivity contribution in [3.05, 3.63) is 93.1 Å². The number of methoxy groups -OCH3 is 1. The van der Waals surface area contributed by atoms with E-state index in [-0.39, 0.29) is 11.4 Å². The van der Waals surface area contributed by atoms with E-state index in [0.717, 1.165) is 16.9 Å². The molecule has 0 atom stereocenters. The molecule has 0 saturated heterocycles. The SMILES string of the molecule is COc1ccc(CNC(=O)c2nn(-c3ccc(Cl)cc3Cl)c(-c3ccc(Cl)cc3)c2N)cc1. The number of rotatable bonds is 6. The van der Waals surface area contributed by atoms with E-state index in [9.17, 15) is 4.79 Å². The van der Waals surface area contributed by atoms with Gasteiger partial charge >= 0.3 is 0 Å². The number of nitrogens with zero attached hydrogens (tertiary/aromatic N) is 2. The molecule has 33 heavy (non-hydrogen) atoms. The molecule has 3 aromatic carbocycles. The van der Waals surface area contributed by atoms with Crippen molar-refractivity contribution in [2.24, 2.45) is 0 Å². The molecule has 0 aliphatic rings. The number of halogens is 3. The summed E-state index contributed by atoms with van der Waals surface area (Å²) in [6.45, 7) is 0.299.